The second-order valence-corrected chi connectivity index (χ2v) is 3.74. The fourth-order valence-electron chi connectivity index (χ4n) is 1.48. The standard InChI is InChI=1S/C10H16ClNO3/c1-4-15-10(11)6-8(13-2)7(12)5-9(10)14-3/h5H,4,6,12H2,1-3H3. The maximum Gasteiger partial charge on any atom is 0.206 e. The van der Waals surface area contributed by atoms with Crippen LogP contribution in [0.3, 0.4) is 0 Å². The molecule has 4 nitrogen and oxygen atoms in total. The van der Waals surface area contributed by atoms with Gasteiger partial charge in [-0.1, -0.05) is 11.6 Å². The smallest absolute Gasteiger partial charge is 0.206 e. The van der Waals surface area contributed by atoms with E-state index in [-0.39, 0.29) is 0 Å². The number of alkyl halides is 1. The monoisotopic (exact) mass is 233 g/mol. The molecule has 1 atom stereocenters. The van der Waals surface area contributed by atoms with Gasteiger partial charge >= 0.3 is 0 Å². The Morgan fingerprint density at radius 3 is 2.60 bits per heavy atom. The molecule has 86 valence electrons. The number of nitrogens with two attached hydrogens (primary N) is 1. The zero-order valence-electron chi connectivity index (χ0n) is 9.17. The topological polar surface area (TPSA) is 53.7 Å². The van der Waals surface area contributed by atoms with Crippen LogP contribution >= 0.6 is 11.6 Å². The van der Waals surface area contributed by atoms with E-state index in [4.69, 9.17) is 31.5 Å². The summed E-state index contributed by atoms with van der Waals surface area (Å²) in [7, 11) is 3.09. The average Bonchev–Trinajstić information content (AvgIpc) is 2.21. The Morgan fingerprint density at radius 2 is 2.13 bits per heavy atom. The van der Waals surface area contributed by atoms with Crippen LogP contribution in [0, 0.1) is 0 Å². The lowest BCUT2D eigenvalue weighted by atomic mass is 10.0. The molecule has 1 unspecified atom stereocenters. The molecular formula is C10H16ClNO3. The molecule has 0 saturated heterocycles. The van der Waals surface area contributed by atoms with Gasteiger partial charge in [-0.05, 0) is 6.92 Å². The molecule has 5 heteroatoms. The van der Waals surface area contributed by atoms with Crippen molar-refractivity contribution in [3.05, 3.63) is 23.3 Å². The van der Waals surface area contributed by atoms with Gasteiger partial charge in [0.15, 0.2) is 0 Å². The van der Waals surface area contributed by atoms with Crippen LogP contribution in [0.15, 0.2) is 23.3 Å². The van der Waals surface area contributed by atoms with Crippen LogP contribution in [0.4, 0.5) is 0 Å². The predicted molar refractivity (Wildman–Crippen MR) is 58.1 cm³/mol. The maximum absolute atomic E-state index is 6.29. The summed E-state index contributed by atoms with van der Waals surface area (Å²) in [5.74, 6) is 1.11. The summed E-state index contributed by atoms with van der Waals surface area (Å²) in [6.45, 7) is 2.35. The first-order valence-electron chi connectivity index (χ1n) is 4.69. The minimum absolute atomic E-state index is 0.365. The first-order chi connectivity index (χ1) is 7.07. The Bertz CT molecular complexity index is 301. The van der Waals surface area contributed by atoms with Gasteiger partial charge in [0.1, 0.15) is 11.5 Å². The summed E-state index contributed by atoms with van der Waals surface area (Å²) in [5, 5.41) is -1.00. The molecule has 0 spiro atoms. The maximum atomic E-state index is 6.29. The second kappa shape index (κ2) is 4.77. The summed E-state index contributed by atoms with van der Waals surface area (Å²) in [6, 6.07) is 0. The van der Waals surface area contributed by atoms with Gasteiger partial charge in [0.2, 0.25) is 5.06 Å². The zero-order valence-corrected chi connectivity index (χ0v) is 9.93. The summed E-state index contributed by atoms with van der Waals surface area (Å²) in [5.41, 5.74) is 6.28. The normalized spacial score (nSPS) is 26.3. The number of hydrogen-bond acceptors (Lipinski definition) is 4. The molecule has 0 heterocycles. The van der Waals surface area contributed by atoms with Gasteiger partial charge in [-0.25, -0.2) is 0 Å². The largest absolute Gasteiger partial charge is 0.499 e. The third-order valence-electron chi connectivity index (χ3n) is 2.20. The average molecular weight is 234 g/mol. The highest BCUT2D eigenvalue weighted by molar-refractivity contribution is 6.25. The van der Waals surface area contributed by atoms with E-state index in [1.165, 1.54) is 7.11 Å². The highest BCUT2D eigenvalue weighted by Crippen LogP contribution is 2.38. The van der Waals surface area contributed by atoms with Crippen LogP contribution < -0.4 is 5.73 Å². The van der Waals surface area contributed by atoms with Gasteiger partial charge in [0.05, 0.1) is 26.3 Å². The molecule has 0 fully saturated rings. The van der Waals surface area contributed by atoms with E-state index in [1.54, 1.807) is 13.2 Å². The lowest BCUT2D eigenvalue weighted by molar-refractivity contribution is 0.00505. The molecule has 0 bridgehead atoms. The molecule has 1 aliphatic carbocycles. The summed E-state index contributed by atoms with van der Waals surface area (Å²) in [4.78, 5) is 0. The molecule has 0 saturated carbocycles. The van der Waals surface area contributed by atoms with Crippen molar-refractivity contribution in [2.45, 2.75) is 18.4 Å². The molecule has 0 aromatic rings. The van der Waals surface area contributed by atoms with E-state index >= 15 is 0 Å². The number of methoxy groups -OCH3 is 2. The SMILES string of the molecule is CCOC1(Cl)CC(OC)=C(N)C=C1OC. The van der Waals surface area contributed by atoms with Crippen molar-refractivity contribution in [2.24, 2.45) is 5.73 Å². The van der Waals surface area contributed by atoms with Crippen LogP contribution in [0.1, 0.15) is 13.3 Å². The van der Waals surface area contributed by atoms with Crippen LogP contribution in [0.5, 0.6) is 0 Å². The molecule has 0 radical (unpaired) electrons. The summed E-state index contributed by atoms with van der Waals surface area (Å²) >= 11 is 6.29. The Kier molecular flexibility index (Phi) is 3.88. The Hall–Kier alpha value is -0.870. The minimum atomic E-state index is -1.00. The van der Waals surface area contributed by atoms with Crippen molar-refractivity contribution in [3.8, 4) is 0 Å². The van der Waals surface area contributed by atoms with E-state index < -0.39 is 5.06 Å². The molecule has 0 amide bonds. The van der Waals surface area contributed by atoms with Crippen molar-refractivity contribution in [1.29, 1.82) is 0 Å². The molecule has 15 heavy (non-hydrogen) atoms. The number of halogens is 1. The van der Waals surface area contributed by atoms with Gasteiger partial charge in [-0.15, -0.1) is 0 Å². The second-order valence-electron chi connectivity index (χ2n) is 3.13. The van der Waals surface area contributed by atoms with E-state index in [1.807, 2.05) is 6.92 Å². The van der Waals surface area contributed by atoms with Crippen LogP contribution in [0.25, 0.3) is 0 Å². The third kappa shape index (κ3) is 2.38. The van der Waals surface area contributed by atoms with E-state index in [0.717, 1.165) is 0 Å². The Morgan fingerprint density at radius 1 is 1.47 bits per heavy atom. The molecular weight excluding hydrogens is 218 g/mol. The van der Waals surface area contributed by atoms with E-state index in [0.29, 0.717) is 30.2 Å². The molecule has 0 aliphatic heterocycles. The highest BCUT2D eigenvalue weighted by Gasteiger charge is 2.39. The van der Waals surface area contributed by atoms with Gasteiger partial charge in [-0.3, -0.25) is 0 Å². The number of allylic oxidation sites excluding steroid dienone is 1. The van der Waals surface area contributed by atoms with Crippen molar-refractivity contribution in [3.63, 3.8) is 0 Å². The van der Waals surface area contributed by atoms with Crippen molar-refractivity contribution in [1.82, 2.24) is 0 Å². The summed E-state index contributed by atoms with van der Waals surface area (Å²) < 4.78 is 15.7. The number of hydrogen-bond donors (Lipinski definition) is 1. The Labute approximate surface area is 94.6 Å². The fraction of sp³-hybridized carbons (Fsp3) is 0.600. The third-order valence-corrected chi connectivity index (χ3v) is 2.63. The number of ether oxygens (including phenoxy) is 3. The van der Waals surface area contributed by atoms with E-state index in [9.17, 15) is 0 Å². The molecule has 1 aliphatic rings. The zero-order chi connectivity index (χ0) is 11.5. The summed E-state index contributed by atoms with van der Waals surface area (Å²) in [6.07, 6.45) is 2.00. The van der Waals surface area contributed by atoms with Crippen LogP contribution in [0.2, 0.25) is 0 Å². The number of rotatable bonds is 4. The molecule has 1 rings (SSSR count). The molecule has 2 N–H and O–H groups in total. The quantitative estimate of drug-likeness (QED) is 0.751. The van der Waals surface area contributed by atoms with Crippen molar-refractivity contribution < 1.29 is 14.2 Å². The lowest BCUT2D eigenvalue weighted by Crippen LogP contribution is -2.34. The minimum Gasteiger partial charge on any atom is -0.499 e. The predicted octanol–water partition coefficient (Wildman–Crippen LogP) is 1.71. The molecule has 0 aromatic heterocycles. The van der Waals surface area contributed by atoms with Crippen molar-refractivity contribution >= 4 is 11.6 Å². The van der Waals surface area contributed by atoms with Crippen LogP contribution in [-0.4, -0.2) is 25.9 Å². The van der Waals surface area contributed by atoms with Gasteiger partial charge < -0.3 is 19.9 Å². The Balaban J connectivity index is 3.00. The van der Waals surface area contributed by atoms with Gasteiger partial charge in [0, 0.05) is 12.7 Å². The lowest BCUT2D eigenvalue weighted by Gasteiger charge is -2.32. The molecule has 0 aromatic carbocycles. The first kappa shape index (κ1) is 12.2. The van der Waals surface area contributed by atoms with Gasteiger partial charge in [0.25, 0.3) is 0 Å². The van der Waals surface area contributed by atoms with Gasteiger partial charge in [-0.2, -0.15) is 0 Å². The van der Waals surface area contributed by atoms with Crippen LogP contribution in [-0.2, 0) is 14.2 Å². The van der Waals surface area contributed by atoms with Crippen molar-refractivity contribution in [2.75, 3.05) is 20.8 Å². The van der Waals surface area contributed by atoms with E-state index in [2.05, 4.69) is 0 Å². The first-order valence-corrected chi connectivity index (χ1v) is 5.06. The highest BCUT2D eigenvalue weighted by atomic mass is 35.5. The fourth-order valence-corrected chi connectivity index (χ4v) is 1.84.